The fourth-order valence-corrected chi connectivity index (χ4v) is 7.58. The Labute approximate surface area is 201 Å². The Morgan fingerprint density at radius 2 is 1.91 bits per heavy atom. The van der Waals surface area contributed by atoms with Crippen molar-refractivity contribution in [3.63, 3.8) is 0 Å². The maximum atomic E-state index is 14.1. The Morgan fingerprint density at radius 3 is 2.67 bits per heavy atom. The Bertz CT molecular complexity index is 1030. The molecule has 0 aliphatic carbocycles. The number of fused-ring (bicyclic) bond motifs is 2. The highest BCUT2D eigenvalue weighted by Crippen LogP contribution is 2.61. The molecule has 1 aromatic rings. The first-order chi connectivity index (χ1) is 16.0. The van der Waals surface area contributed by atoms with Crippen molar-refractivity contribution in [3.05, 3.63) is 53.6 Å². The number of nitrogens with zero attached hydrogens (tertiary/aromatic N) is 2. The molecular weight excluding hydrogens is 464 g/mol. The van der Waals surface area contributed by atoms with Crippen molar-refractivity contribution in [1.82, 2.24) is 4.90 Å². The average molecular weight is 489 g/mol. The maximum Gasteiger partial charge on any atom is 0.311 e. The van der Waals surface area contributed by atoms with Gasteiger partial charge in [0.25, 0.3) is 5.91 Å². The number of likely N-dealkylation sites (tertiary alicyclic amines) is 1. The number of aliphatic hydroxyl groups excluding tert-OH is 1. The molecule has 5 atom stereocenters. The van der Waals surface area contributed by atoms with Crippen LogP contribution in [0.25, 0.3) is 0 Å². The van der Waals surface area contributed by atoms with E-state index in [2.05, 4.69) is 0 Å². The number of esters is 1. The lowest BCUT2D eigenvalue weighted by molar-refractivity contribution is -0.151. The van der Waals surface area contributed by atoms with E-state index in [0.717, 1.165) is 0 Å². The Kier molecular flexibility index (Phi) is 6.01. The summed E-state index contributed by atoms with van der Waals surface area (Å²) >= 11 is 7.57. The number of halogens is 1. The van der Waals surface area contributed by atoms with Crippen LogP contribution in [0.1, 0.15) is 12.8 Å². The van der Waals surface area contributed by atoms with Gasteiger partial charge in [0.15, 0.2) is 0 Å². The van der Waals surface area contributed by atoms with E-state index in [1.165, 1.54) is 11.8 Å². The number of cyclic esters (lactones) is 1. The third kappa shape index (κ3) is 3.59. The number of carbonyl (C=O) groups is 3. The molecule has 4 aliphatic heterocycles. The molecule has 0 aromatic heterocycles. The van der Waals surface area contributed by atoms with Crippen LogP contribution in [0.5, 0.6) is 0 Å². The molecule has 1 spiro atoms. The lowest BCUT2D eigenvalue weighted by Gasteiger charge is -2.35. The monoisotopic (exact) mass is 488 g/mol. The fraction of sp³-hybridized carbons (Fsp3) is 0.458. The van der Waals surface area contributed by atoms with Crippen LogP contribution in [0.3, 0.4) is 0 Å². The van der Waals surface area contributed by atoms with Crippen LogP contribution in [-0.4, -0.2) is 70.1 Å². The number of anilines is 1. The number of amides is 2. The van der Waals surface area contributed by atoms with Crippen LogP contribution < -0.4 is 4.90 Å². The van der Waals surface area contributed by atoms with Crippen molar-refractivity contribution < 1.29 is 24.2 Å². The third-order valence-corrected chi connectivity index (χ3v) is 8.85. The molecule has 1 unspecified atom stereocenters. The van der Waals surface area contributed by atoms with E-state index in [1.807, 2.05) is 24.3 Å². The topological polar surface area (TPSA) is 87.2 Å². The molecule has 5 rings (SSSR count). The number of unbranched alkanes of at least 4 members (excludes halogenated alkanes) is 1. The predicted octanol–water partition coefficient (Wildman–Crippen LogP) is 2.43. The second-order valence-corrected chi connectivity index (χ2v) is 10.6. The van der Waals surface area contributed by atoms with E-state index < -0.39 is 22.6 Å². The normalized spacial score (nSPS) is 32.8. The second-order valence-electron chi connectivity index (χ2n) is 8.69. The molecule has 174 valence electrons. The van der Waals surface area contributed by atoms with Crippen LogP contribution in [0.15, 0.2) is 48.6 Å². The zero-order valence-corrected chi connectivity index (χ0v) is 19.5. The number of hydrogen-bond donors (Lipinski definition) is 1. The van der Waals surface area contributed by atoms with E-state index in [0.29, 0.717) is 36.6 Å². The number of hydrogen-bond acceptors (Lipinski definition) is 6. The largest absolute Gasteiger partial charge is 0.461 e. The summed E-state index contributed by atoms with van der Waals surface area (Å²) in [5.41, 5.74) is 0.703. The minimum Gasteiger partial charge on any atom is -0.461 e. The number of benzene rings is 1. The molecule has 2 saturated heterocycles. The highest BCUT2D eigenvalue weighted by atomic mass is 35.5. The van der Waals surface area contributed by atoms with Crippen molar-refractivity contribution in [1.29, 1.82) is 0 Å². The van der Waals surface area contributed by atoms with Gasteiger partial charge in [-0.1, -0.05) is 35.9 Å². The van der Waals surface area contributed by atoms with Gasteiger partial charge in [-0.15, -0.1) is 11.8 Å². The minimum absolute atomic E-state index is 0.0165. The van der Waals surface area contributed by atoms with Crippen LogP contribution in [0, 0.1) is 11.8 Å². The average Bonchev–Trinajstić information content (AvgIpc) is 3.09. The summed E-state index contributed by atoms with van der Waals surface area (Å²) in [6, 6.07) is 6.31. The van der Waals surface area contributed by atoms with E-state index >= 15 is 0 Å². The molecule has 7 nitrogen and oxygen atoms in total. The maximum absolute atomic E-state index is 14.1. The van der Waals surface area contributed by atoms with Crippen LogP contribution >= 0.6 is 23.4 Å². The molecule has 2 fully saturated rings. The summed E-state index contributed by atoms with van der Waals surface area (Å²) < 4.78 is 4.51. The van der Waals surface area contributed by atoms with Crippen molar-refractivity contribution >= 4 is 46.8 Å². The highest BCUT2D eigenvalue weighted by molar-refractivity contribution is 8.02. The third-order valence-electron chi connectivity index (χ3n) is 6.86. The van der Waals surface area contributed by atoms with Crippen LogP contribution in [-0.2, 0) is 19.1 Å². The van der Waals surface area contributed by atoms with E-state index in [-0.39, 0.29) is 36.2 Å². The molecular formula is C24H25ClN2O5S. The molecule has 33 heavy (non-hydrogen) atoms. The standard InChI is InChI=1S/C24H25ClN2O5S/c25-15-6-8-16(9-7-15)26-12-4-10-24-19(18-17(33-24)5-3-14-32-23(18)31)21(29)27(11-1-2-13-28)20(24)22(26)30/h3-10,17-20,28H,1-2,11-14H2/t17-,18+,19-,20?,24-/m0/s1. The number of rotatable bonds is 5. The SMILES string of the molecule is O=C1OCC=C[C@@H]2S[C@]34C=CCN(c5ccc(Cl)cc5)C(=O)C3N(CCCCO)C(=O)[C@@H]4[C@H]12. The van der Waals surface area contributed by atoms with E-state index in [1.54, 1.807) is 34.1 Å². The lowest BCUT2D eigenvalue weighted by Crippen LogP contribution is -2.53. The number of thioether (sulfide) groups is 1. The quantitative estimate of drug-likeness (QED) is 0.389. The van der Waals surface area contributed by atoms with Crippen LogP contribution in [0.2, 0.25) is 5.02 Å². The van der Waals surface area contributed by atoms with Gasteiger partial charge < -0.3 is 19.6 Å². The molecule has 0 saturated carbocycles. The van der Waals surface area contributed by atoms with Crippen LogP contribution in [0.4, 0.5) is 5.69 Å². The molecule has 9 heteroatoms. The Hall–Kier alpha value is -2.29. The van der Waals surface area contributed by atoms with Gasteiger partial charge in [-0.25, -0.2) is 0 Å². The van der Waals surface area contributed by atoms with Crippen molar-refractivity contribution in [3.8, 4) is 0 Å². The zero-order valence-electron chi connectivity index (χ0n) is 17.9. The van der Waals surface area contributed by atoms with Gasteiger partial charge in [0.1, 0.15) is 12.6 Å². The smallest absolute Gasteiger partial charge is 0.311 e. The van der Waals surface area contributed by atoms with E-state index in [9.17, 15) is 19.5 Å². The predicted molar refractivity (Wildman–Crippen MR) is 126 cm³/mol. The van der Waals surface area contributed by atoms with Crippen molar-refractivity contribution in [2.45, 2.75) is 28.9 Å². The minimum atomic E-state index is -0.857. The van der Waals surface area contributed by atoms with Gasteiger partial charge in [0.05, 0.1) is 16.6 Å². The molecule has 4 heterocycles. The van der Waals surface area contributed by atoms with Gasteiger partial charge in [0, 0.05) is 35.7 Å². The first-order valence-corrected chi connectivity index (χ1v) is 12.4. The van der Waals surface area contributed by atoms with Crippen molar-refractivity contribution in [2.75, 3.05) is 31.2 Å². The molecule has 4 aliphatic rings. The molecule has 0 radical (unpaired) electrons. The zero-order chi connectivity index (χ0) is 23.2. The van der Waals surface area contributed by atoms with Gasteiger partial charge in [0.2, 0.25) is 5.91 Å². The van der Waals surface area contributed by atoms with Gasteiger partial charge >= 0.3 is 5.97 Å². The van der Waals surface area contributed by atoms with Crippen molar-refractivity contribution in [2.24, 2.45) is 11.8 Å². The lowest BCUT2D eigenvalue weighted by atomic mass is 9.78. The van der Waals surface area contributed by atoms with Gasteiger partial charge in [-0.3, -0.25) is 14.4 Å². The summed E-state index contributed by atoms with van der Waals surface area (Å²) in [5.74, 6) is -2.06. The van der Waals surface area contributed by atoms with Gasteiger partial charge in [-0.05, 0) is 37.1 Å². The first-order valence-electron chi connectivity index (χ1n) is 11.1. The highest BCUT2D eigenvalue weighted by Gasteiger charge is 2.71. The molecule has 1 N–H and O–H groups in total. The number of ether oxygens (including phenoxy) is 1. The first kappa shape index (κ1) is 22.5. The Morgan fingerprint density at radius 1 is 1.12 bits per heavy atom. The summed E-state index contributed by atoms with van der Waals surface area (Å²) in [4.78, 5) is 44.1. The number of carbonyl (C=O) groups excluding carboxylic acids is 3. The second kappa shape index (κ2) is 8.81. The Balaban J connectivity index is 1.58. The van der Waals surface area contributed by atoms with Gasteiger partial charge in [-0.2, -0.15) is 0 Å². The summed E-state index contributed by atoms with van der Waals surface area (Å²) in [5, 5.41) is 9.60. The van der Waals surface area contributed by atoms with E-state index in [4.69, 9.17) is 16.3 Å². The fourth-order valence-electron chi connectivity index (χ4n) is 5.46. The molecule has 0 bridgehead atoms. The molecule has 1 aromatic carbocycles. The number of aliphatic hydroxyl groups is 1. The summed E-state index contributed by atoms with van der Waals surface area (Å²) in [7, 11) is 0. The summed E-state index contributed by atoms with van der Waals surface area (Å²) in [6.45, 7) is 0.922. The molecule has 2 amide bonds. The summed E-state index contributed by atoms with van der Waals surface area (Å²) in [6.07, 6.45) is 8.76.